The van der Waals surface area contributed by atoms with E-state index in [2.05, 4.69) is 15.5 Å². The van der Waals surface area contributed by atoms with E-state index in [9.17, 15) is 0 Å². The van der Waals surface area contributed by atoms with Crippen LogP contribution in [0, 0.1) is 0 Å². The van der Waals surface area contributed by atoms with Gasteiger partial charge in [0, 0.05) is 6.54 Å². The van der Waals surface area contributed by atoms with Crippen LogP contribution in [0.2, 0.25) is 0 Å². The summed E-state index contributed by atoms with van der Waals surface area (Å²) in [7, 11) is 1.67. The third-order valence-electron chi connectivity index (χ3n) is 3.54. The molecular formula is C14H19N3O2. The lowest BCUT2D eigenvalue weighted by atomic mass is 10.2. The average molecular weight is 261 g/mol. The van der Waals surface area contributed by atoms with Gasteiger partial charge in [-0.2, -0.15) is 5.10 Å². The number of H-pyrrole nitrogens is 1. The first-order chi connectivity index (χ1) is 9.38. The molecule has 1 aliphatic rings. The predicted molar refractivity (Wildman–Crippen MR) is 73.8 cm³/mol. The number of aromatic nitrogens is 2. The number of ether oxygens (including phenoxy) is 2. The van der Waals surface area contributed by atoms with E-state index in [-0.39, 0.29) is 6.10 Å². The van der Waals surface area contributed by atoms with E-state index in [1.165, 1.54) is 12.8 Å². The molecule has 1 aromatic heterocycles. The Balaban J connectivity index is 1.86. The number of rotatable bonds is 3. The zero-order chi connectivity index (χ0) is 13.1. The highest BCUT2D eigenvalue weighted by atomic mass is 16.5. The fourth-order valence-corrected chi connectivity index (χ4v) is 2.54. The summed E-state index contributed by atoms with van der Waals surface area (Å²) in [5.74, 6) is 1.56. The summed E-state index contributed by atoms with van der Waals surface area (Å²) < 4.78 is 11.6. The number of nitrogens with one attached hydrogen (secondary N) is 2. The molecule has 2 N–H and O–H groups in total. The van der Waals surface area contributed by atoms with Crippen LogP contribution in [0.15, 0.2) is 18.3 Å². The Kier molecular flexibility index (Phi) is 3.55. The van der Waals surface area contributed by atoms with Crippen molar-refractivity contribution in [2.24, 2.45) is 0 Å². The van der Waals surface area contributed by atoms with E-state index in [4.69, 9.17) is 9.47 Å². The van der Waals surface area contributed by atoms with Gasteiger partial charge in [0.1, 0.15) is 6.10 Å². The van der Waals surface area contributed by atoms with Crippen molar-refractivity contribution in [2.45, 2.75) is 25.4 Å². The van der Waals surface area contributed by atoms with Crippen LogP contribution >= 0.6 is 0 Å². The second-order valence-electron chi connectivity index (χ2n) is 4.87. The molecule has 2 heterocycles. The van der Waals surface area contributed by atoms with Gasteiger partial charge in [0.25, 0.3) is 0 Å². The molecule has 0 amide bonds. The number of hydrogen-bond acceptors (Lipinski definition) is 4. The topological polar surface area (TPSA) is 59.2 Å². The molecule has 0 saturated carbocycles. The maximum atomic E-state index is 6.11. The van der Waals surface area contributed by atoms with Crippen LogP contribution in [0.5, 0.6) is 11.5 Å². The Hall–Kier alpha value is -1.75. The standard InChI is InChI=1S/C14H19N3O2/c1-18-14-11-9-16-17-12(11)5-6-13(14)19-10-4-2-3-7-15-8-10/h5-6,9-10,15H,2-4,7-8H2,1H3,(H,16,17). The largest absolute Gasteiger partial charge is 0.492 e. The molecule has 0 bridgehead atoms. The van der Waals surface area contributed by atoms with E-state index in [1.54, 1.807) is 13.3 Å². The minimum absolute atomic E-state index is 0.209. The Labute approximate surface area is 112 Å². The van der Waals surface area contributed by atoms with Crippen molar-refractivity contribution < 1.29 is 9.47 Å². The average Bonchev–Trinajstić information content (AvgIpc) is 2.76. The lowest BCUT2D eigenvalue weighted by Crippen LogP contribution is -2.29. The zero-order valence-electron chi connectivity index (χ0n) is 11.1. The molecule has 1 aromatic carbocycles. The molecule has 1 saturated heterocycles. The highest BCUT2D eigenvalue weighted by Gasteiger charge is 2.17. The summed E-state index contributed by atoms with van der Waals surface area (Å²) in [6, 6.07) is 3.93. The molecule has 0 radical (unpaired) electrons. The van der Waals surface area contributed by atoms with Crippen LogP contribution in [0.1, 0.15) is 19.3 Å². The van der Waals surface area contributed by atoms with Crippen molar-refractivity contribution in [3.8, 4) is 11.5 Å². The third-order valence-corrected chi connectivity index (χ3v) is 3.54. The molecule has 5 nitrogen and oxygen atoms in total. The third kappa shape index (κ3) is 2.51. The molecule has 1 aliphatic heterocycles. The van der Waals surface area contributed by atoms with E-state index >= 15 is 0 Å². The highest BCUT2D eigenvalue weighted by Crippen LogP contribution is 2.35. The van der Waals surface area contributed by atoms with Gasteiger partial charge in [0.2, 0.25) is 0 Å². The molecule has 5 heteroatoms. The fraction of sp³-hybridized carbons (Fsp3) is 0.500. The van der Waals surface area contributed by atoms with E-state index < -0.39 is 0 Å². The Morgan fingerprint density at radius 2 is 2.26 bits per heavy atom. The molecular weight excluding hydrogens is 242 g/mol. The van der Waals surface area contributed by atoms with Gasteiger partial charge >= 0.3 is 0 Å². The van der Waals surface area contributed by atoms with Crippen LogP contribution in [-0.2, 0) is 0 Å². The van der Waals surface area contributed by atoms with Gasteiger partial charge in [-0.15, -0.1) is 0 Å². The van der Waals surface area contributed by atoms with Crippen molar-refractivity contribution in [3.63, 3.8) is 0 Å². The van der Waals surface area contributed by atoms with Gasteiger partial charge < -0.3 is 14.8 Å². The van der Waals surface area contributed by atoms with Crippen LogP contribution in [0.25, 0.3) is 10.9 Å². The summed E-state index contributed by atoms with van der Waals surface area (Å²) in [4.78, 5) is 0. The van der Waals surface area contributed by atoms with Crippen LogP contribution in [-0.4, -0.2) is 36.5 Å². The number of benzene rings is 1. The monoisotopic (exact) mass is 261 g/mol. The van der Waals surface area contributed by atoms with Crippen molar-refractivity contribution in [1.82, 2.24) is 15.5 Å². The molecule has 0 aliphatic carbocycles. The summed E-state index contributed by atoms with van der Waals surface area (Å²) in [6.07, 6.45) is 5.48. The summed E-state index contributed by atoms with van der Waals surface area (Å²) in [5, 5.41) is 11.3. The predicted octanol–water partition coefficient (Wildman–Crippen LogP) is 2.09. The lowest BCUT2D eigenvalue weighted by molar-refractivity contribution is 0.187. The first-order valence-electron chi connectivity index (χ1n) is 6.76. The Bertz CT molecular complexity index is 545. The lowest BCUT2D eigenvalue weighted by Gasteiger charge is -2.19. The minimum Gasteiger partial charge on any atom is -0.492 e. The van der Waals surface area contributed by atoms with E-state index in [0.29, 0.717) is 0 Å². The summed E-state index contributed by atoms with van der Waals surface area (Å²) >= 11 is 0. The van der Waals surface area contributed by atoms with Gasteiger partial charge in [0.05, 0.1) is 24.2 Å². The number of nitrogens with zero attached hydrogens (tertiary/aromatic N) is 1. The van der Waals surface area contributed by atoms with Gasteiger partial charge in [0.15, 0.2) is 11.5 Å². The second-order valence-corrected chi connectivity index (χ2v) is 4.87. The molecule has 3 rings (SSSR count). The quantitative estimate of drug-likeness (QED) is 0.888. The van der Waals surface area contributed by atoms with Crippen molar-refractivity contribution in [3.05, 3.63) is 18.3 Å². The number of methoxy groups -OCH3 is 1. The molecule has 0 spiro atoms. The van der Waals surface area contributed by atoms with Gasteiger partial charge in [-0.1, -0.05) is 0 Å². The van der Waals surface area contributed by atoms with Crippen LogP contribution in [0.3, 0.4) is 0 Å². The molecule has 19 heavy (non-hydrogen) atoms. The normalized spacial score (nSPS) is 20.2. The van der Waals surface area contributed by atoms with Crippen LogP contribution < -0.4 is 14.8 Å². The van der Waals surface area contributed by atoms with Gasteiger partial charge in [-0.05, 0) is 37.9 Å². The SMILES string of the molecule is COc1c(OC2CCCCNC2)ccc2[nH]ncc12. The highest BCUT2D eigenvalue weighted by molar-refractivity contribution is 5.87. The first-order valence-corrected chi connectivity index (χ1v) is 6.76. The molecule has 2 aromatic rings. The van der Waals surface area contributed by atoms with Crippen molar-refractivity contribution >= 4 is 10.9 Å². The number of fused-ring (bicyclic) bond motifs is 1. The van der Waals surface area contributed by atoms with Crippen molar-refractivity contribution in [2.75, 3.05) is 20.2 Å². The molecule has 102 valence electrons. The summed E-state index contributed by atoms with van der Waals surface area (Å²) in [5.41, 5.74) is 0.961. The zero-order valence-corrected chi connectivity index (χ0v) is 11.1. The number of hydrogen-bond donors (Lipinski definition) is 2. The number of aromatic amines is 1. The van der Waals surface area contributed by atoms with E-state index in [0.717, 1.165) is 41.9 Å². The maximum Gasteiger partial charge on any atom is 0.171 e. The molecule has 1 fully saturated rings. The molecule has 1 atom stereocenters. The van der Waals surface area contributed by atoms with Crippen LogP contribution in [0.4, 0.5) is 0 Å². The first kappa shape index (κ1) is 12.3. The fourth-order valence-electron chi connectivity index (χ4n) is 2.54. The Morgan fingerprint density at radius 3 is 3.16 bits per heavy atom. The van der Waals surface area contributed by atoms with E-state index in [1.807, 2.05) is 12.1 Å². The maximum absolute atomic E-state index is 6.11. The van der Waals surface area contributed by atoms with Gasteiger partial charge in [-0.25, -0.2) is 0 Å². The smallest absolute Gasteiger partial charge is 0.171 e. The Morgan fingerprint density at radius 1 is 1.32 bits per heavy atom. The van der Waals surface area contributed by atoms with Crippen molar-refractivity contribution in [1.29, 1.82) is 0 Å². The summed E-state index contributed by atoms with van der Waals surface area (Å²) in [6.45, 7) is 1.98. The van der Waals surface area contributed by atoms with Gasteiger partial charge in [-0.3, -0.25) is 5.10 Å². The minimum atomic E-state index is 0.209. The molecule has 1 unspecified atom stereocenters. The second kappa shape index (κ2) is 5.48.